The predicted molar refractivity (Wildman–Crippen MR) is 142 cm³/mol. The zero-order chi connectivity index (χ0) is 24.4. The quantitative estimate of drug-likeness (QED) is 0.191. The second-order valence-corrected chi connectivity index (χ2v) is 8.11. The molecule has 0 bridgehead atoms. The molecule has 5 aromatic rings. The molecule has 0 unspecified atom stereocenters. The van der Waals surface area contributed by atoms with Crippen molar-refractivity contribution in [3.8, 4) is 0 Å². The van der Waals surface area contributed by atoms with E-state index >= 15 is 0 Å². The second kappa shape index (κ2) is 9.38. The third-order valence-electron chi connectivity index (χ3n) is 6.22. The fraction of sp³-hybridized carbons (Fsp3) is 0.143. The van der Waals surface area contributed by atoms with E-state index < -0.39 is 0 Å². The summed E-state index contributed by atoms with van der Waals surface area (Å²) >= 11 is 0. The molecule has 35 heavy (non-hydrogen) atoms. The Morgan fingerprint density at radius 1 is 0.686 bits per heavy atom. The van der Waals surface area contributed by atoms with Gasteiger partial charge >= 0.3 is 5.69 Å². The number of nitrogens with zero attached hydrogens (tertiary/aromatic N) is 5. The molecule has 1 aromatic heterocycles. The Morgan fingerprint density at radius 2 is 1.11 bits per heavy atom. The number of hydrogen-bond donors (Lipinski definition) is 0. The molecule has 4 aromatic carbocycles. The normalized spacial score (nSPS) is 11.0. The number of aromatic nitrogens is 2. The van der Waals surface area contributed by atoms with Crippen LogP contribution in [0.1, 0.15) is 13.8 Å². The van der Waals surface area contributed by atoms with Crippen molar-refractivity contribution in [2.45, 2.75) is 13.8 Å². The summed E-state index contributed by atoms with van der Waals surface area (Å²) in [7, 11) is 0. The Bertz CT molecular complexity index is 1420. The highest BCUT2D eigenvalue weighted by Gasteiger charge is 2.31. The molecule has 0 amide bonds. The largest absolute Gasteiger partial charge is 0.354 e. The molecule has 0 atom stereocenters. The predicted octanol–water partition coefficient (Wildman–Crippen LogP) is 7.01. The lowest BCUT2D eigenvalue weighted by atomic mass is 10.1. The first-order valence-corrected chi connectivity index (χ1v) is 11.6. The van der Waals surface area contributed by atoms with Gasteiger partial charge in [-0.05, 0) is 36.8 Å². The number of nitro groups is 1. The summed E-state index contributed by atoms with van der Waals surface area (Å²) in [5.74, 6) is 0.551. The maximum absolute atomic E-state index is 12.5. The van der Waals surface area contributed by atoms with Gasteiger partial charge in [0.1, 0.15) is 6.33 Å². The van der Waals surface area contributed by atoms with Gasteiger partial charge in [-0.1, -0.05) is 72.8 Å². The molecular formula is C28H25N5O2. The van der Waals surface area contributed by atoms with Crippen LogP contribution in [0.5, 0.6) is 0 Å². The summed E-state index contributed by atoms with van der Waals surface area (Å²) in [6.07, 6.45) is 1.42. The van der Waals surface area contributed by atoms with Gasteiger partial charge in [0.25, 0.3) is 0 Å². The van der Waals surface area contributed by atoms with Crippen LogP contribution in [0.15, 0.2) is 91.3 Å². The smallest absolute Gasteiger partial charge is 0.320 e. The molecule has 0 radical (unpaired) electrons. The number of fused-ring (bicyclic) bond motifs is 2. The minimum Gasteiger partial charge on any atom is -0.320 e. The van der Waals surface area contributed by atoms with Crippen LogP contribution in [-0.2, 0) is 0 Å². The van der Waals surface area contributed by atoms with Crippen LogP contribution in [-0.4, -0.2) is 28.0 Å². The van der Waals surface area contributed by atoms with Crippen LogP contribution in [0.25, 0.3) is 21.5 Å². The lowest BCUT2D eigenvalue weighted by Crippen LogP contribution is -2.23. The number of anilines is 4. The van der Waals surface area contributed by atoms with Crippen LogP contribution in [0.4, 0.5) is 28.7 Å². The van der Waals surface area contributed by atoms with Gasteiger partial charge in [-0.2, -0.15) is 0 Å². The van der Waals surface area contributed by atoms with E-state index in [0.717, 1.165) is 32.9 Å². The molecule has 7 heteroatoms. The summed E-state index contributed by atoms with van der Waals surface area (Å²) in [6.45, 7) is 4.95. The standard InChI is InChI=1S/C28H25N5O2/c1-3-31(24-17-9-13-20-11-5-7-15-22(20)24)27-26(33(34)35)28(30-19-29-27)32(4-2)25-18-10-14-21-12-6-8-16-23(21)25/h5-19H,3-4H2,1-2H3. The van der Waals surface area contributed by atoms with Crippen molar-refractivity contribution in [2.24, 2.45) is 0 Å². The highest BCUT2D eigenvalue weighted by Crippen LogP contribution is 2.42. The van der Waals surface area contributed by atoms with Crippen molar-refractivity contribution in [1.82, 2.24) is 9.97 Å². The van der Waals surface area contributed by atoms with Crippen LogP contribution < -0.4 is 9.80 Å². The van der Waals surface area contributed by atoms with Crippen LogP contribution in [0.3, 0.4) is 0 Å². The molecular weight excluding hydrogens is 438 g/mol. The molecule has 0 fully saturated rings. The molecule has 1 heterocycles. The van der Waals surface area contributed by atoms with E-state index in [1.807, 2.05) is 109 Å². The second-order valence-electron chi connectivity index (χ2n) is 8.11. The zero-order valence-corrected chi connectivity index (χ0v) is 19.6. The highest BCUT2D eigenvalue weighted by atomic mass is 16.6. The molecule has 0 aliphatic carbocycles. The average Bonchev–Trinajstić information content (AvgIpc) is 2.90. The van der Waals surface area contributed by atoms with E-state index in [-0.39, 0.29) is 22.2 Å². The van der Waals surface area contributed by atoms with E-state index in [4.69, 9.17) is 0 Å². The number of rotatable bonds is 7. The van der Waals surface area contributed by atoms with E-state index in [1.54, 1.807) is 0 Å². The van der Waals surface area contributed by atoms with Crippen molar-refractivity contribution in [2.75, 3.05) is 22.9 Å². The summed E-state index contributed by atoms with van der Waals surface area (Å²) in [5.41, 5.74) is 1.62. The van der Waals surface area contributed by atoms with Gasteiger partial charge in [0, 0.05) is 23.9 Å². The first-order chi connectivity index (χ1) is 17.1. The van der Waals surface area contributed by atoms with Gasteiger partial charge in [0.2, 0.25) is 11.6 Å². The molecule has 0 spiro atoms. The maximum atomic E-state index is 12.5. The van der Waals surface area contributed by atoms with E-state index in [9.17, 15) is 10.1 Å². The van der Waals surface area contributed by atoms with E-state index in [0.29, 0.717) is 13.1 Å². The Balaban J connectivity index is 1.72. The fourth-order valence-electron chi connectivity index (χ4n) is 4.67. The van der Waals surface area contributed by atoms with Gasteiger partial charge in [-0.25, -0.2) is 9.97 Å². The molecule has 0 N–H and O–H groups in total. The van der Waals surface area contributed by atoms with Crippen molar-refractivity contribution < 1.29 is 4.92 Å². The zero-order valence-electron chi connectivity index (χ0n) is 19.6. The SMILES string of the molecule is CCN(c1ncnc(N(CC)c2cccc3ccccc23)c1[N+](=O)[O-])c1cccc2ccccc12. The van der Waals surface area contributed by atoms with Crippen LogP contribution in [0, 0.1) is 10.1 Å². The molecule has 0 saturated heterocycles. The number of benzene rings is 4. The van der Waals surface area contributed by atoms with Gasteiger partial charge in [0.15, 0.2) is 0 Å². The molecule has 7 nitrogen and oxygen atoms in total. The molecule has 0 aliphatic heterocycles. The summed E-state index contributed by atoms with van der Waals surface area (Å²) in [6, 6.07) is 28.0. The molecule has 174 valence electrons. The third-order valence-corrected chi connectivity index (χ3v) is 6.22. The van der Waals surface area contributed by atoms with Crippen LogP contribution in [0.2, 0.25) is 0 Å². The van der Waals surface area contributed by atoms with Gasteiger partial charge in [-0.15, -0.1) is 0 Å². The maximum Gasteiger partial charge on any atom is 0.354 e. The lowest BCUT2D eigenvalue weighted by molar-refractivity contribution is -0.383. The summed E-state index contributed by atoms with van der Waals surface area (Å²) < 4.78 is 0. The van der Waals surface area contributed by atoms with E-state index in [1.165, 1.54) is 6.33 Å². The van der Waals surface area contributed by atoms with Gasteiger partial charge < -0.3 is 9.80 Å². The third kappa shape index (κ3) is 3.91. The Hall–Kier alpha value is -4.52. The summed E-state index contributed by atoms with van der Waals surface area (Å²) in [4.78, 5) is 24.8. The van der Waals surface area contributed by atoms with Crippen molar-refractivity contribution in [3.63, 3.8) is 0 Å². The van der Waals surface area contributed by atoms with Gasteiger partial charge in [0.05, 0.1) is 16.3 Å². The molecule has 5 rings (SSSR count). The minimum absolute atomic E-state index is 0.114. The Morgan fingerprint density at radius 3 is 1.54 bits per heavy atom. The lowest BCUT2D eigenvalue weighted by Gasteiger charge is -2.27. The minimum atomic E-state index is -0.369. The van der Waals surface area contributed by atoms with E-state index in [2.05, 4.69) is 9.97 Å². The molecule has 0 aliphatic rings. The summed E-state index contributed by atoms with van der Waals surface area (Å²) in [5, 5.41) is 16.7. The first kappa shape index (κ1) is 22.3. The van der Waals surface area contributed by atoms with Crippen molar-refractivity contribution in [1.29, 1.82) is 0 Å². The van der Waals surface area contributed by atoms with Gasteiger partial charge in [-0.3, -0.25) is 10.1 Å². The highest BCUT2D eigenvalue weighted by molar-refractivity contribution is 5.99. The monoisotopic (exact) mass is 463 g/mol. The number of hydrogen-bond acceptors (Lipinski definition) is 6. The van der Waals surface area contributed by atoms with Crippen molar-refractivity contribution in [3.05, 3.63) is 101 Å². The average molecular weight is 464 g/mol. The van der Waals surface area contributed by atoms with Crippen molar-refractivity contribution >= 4 is 50.2 Å². The van der Waals surface area contributed by atoms with Crippen LogP contribution >= 0.6 is 0 Å². The first-order valence-electron chi connectivity index (χ1n) is 11.6. The Labute approximate surface area is 203 Å². The fourth-order valence-corrected chi connectivity index (χ4v) is 4.67. The topological polar surface area (TPSA) is 75.4 Å². The Kier molecular flexibility index (Phi) is 5.97. The molecule has 0 saturated carbocycles.